The molecule has 5 nitrogen and oxygen atoms in total. The molecule has 2 aliphatic heterocycles. The topological polar surface area (TPSA) is 45.9 Å². The lowest BCUT2D eigenvalue weighted by molar-refractivity contribution is 0.332. The van der Waals surface area contributed by atoms with Gasteiger partial charge < -0.3 is 23.1 Å². The maximum Gasteiger partial charge on any atom is 0.252 e. The summed E-state index contributed by atoms with van der Waals surface area (Å²) in [6.45, 7) is 19.2. The molecule has 0 radical (unpaired) electrons. The van der Waals surface area contributed by atoms with E-state index in [-0.39, 0.29) is 28.4 Å². The summed E-state index contributed by atoms with van der Waals surface area (Å²) in [5, 5.41) is 6.64. The smallest absolute Gasteiger partial charge is 0.252 e. The van der Waals surface area contributed by atoms with E-state index in [4.69, 9.17) is 13.3 Å². The standard InChI is InChI=1S/C94H75BN2O3/c1-91(2)43-45-93(5,6)76-50-61(25-36-74(76)91)56-21-32-66(33-22-56)96-80-52-63(58-29-40-87-71(47-58)68-15-9-12-18-84(68)98-87)27-38-78(80)95-79-39-28-64(59-30-41-88-72(48-59)69-16-10-13-19-85(69)99-88)53-81(79)97(67-34-23-57(24-35-67)62-26-37-75-77(51-62)94(7,8)46-44-92(75,3)4)83-55-65(54-82(96)90(83)95)60-31-42-89-73(49-60)70-17-11-14-20-86(70)100-89/h9-42,47-55H,43-46H2,1-8H3. The van der Waals surface area contributed by atoms with Gasteiger partial charge in [-0.15, -0.1) is 0 Å². The van der Waals surface area contributed by atoms with Crippen molar-refractivity contribution in [2.45, 2.75) is 103 Å². The Balaban J connectivity index is 0.835. The molecule has 13 aromatic carbocycles. The lowest BCUT2D eigenvalue weighted by Gasteiger charge is -2.44. The highest BCUT2D eigenvalue weighted by atomic mass is 16.3. The van der Waals surface area contributed by atoms with Crippen molar-refractivity contribution in [3.63, 3.8) is 0 Å². The first-order valence-electron chi connectivity index (χ1n) is 35.8. The van der Waals surface area contributed by atoms with Gasteiger partial charge in [0.25, 0.3) is 6.71 Å². The third kappa shape index (κ3) is 9.01. The van der Waals surface area contributed by atoms with E-state index in [1.54, 1.807) is 0 Å². The Morgan fingerprint density at radius 1 is 0.250 bits per heavy atom. The van der Waals surface area contributed by atoms with Crippen LogP contribution in [0.1, 0.15) is 103 Å². The fourth-order valence-electron chi connectivity index (χ4n) is 17.9. The van der Waals surface area contributed by atoms with Crippen molar-refractivity contribution < 1.29 is 13.3 Å². The largest absolute Gasteiger partial charge is 0.456 e. The van der Waals surface area contributed by atoms with Crippen molar-refractivity contribution in [2.24, 2.45) is 0 Å². The molecule has 0 saturated carbocycles. The van der Waals surface area contributed by atoms with Crippen LogP contribution in [0.3, 0.4) is 0 Å². The van der Waals surface area contributed by atoms with Crippen LogP contribution in [0.4, 0.5) is 34.1 Å². The van der Waals surface area contributed by atoms with E-state index in [1.165, 1.54) is 73.7 Å². The van der Waals surface area contributed by atoms with E-state index < -0.39 is 0 Å². The number of anilines is 6. The summed E-state index contributed by atoms with van der Waals surface area (Å²) in [7, 11) is 0. The summed E-state index contributed by atoms with van der Waals surface area (Å²) in [5.41, 5.74) is 33.7. The van der Waals surface area contributed by atoms with Gasteiger partial charge in [-0.25, -0.2) is 0 Å². The van der Waals surface area contributed by atoms with Crippen molar-refractivity contribution >= 4 is 123 Å². The molecular formula is C94H75BN2O3. The molecule has 0 bridgehead atoms. The minimum atomic E-state index is -0.162. The molecule has 3 aromatic heterocycles. The first kappa shape index (κ1) is 59.0. The number of furan rings is 3. The van der Waals surface area contributed by atoms with Crippen LogP contribution in [0.5, 0.6) is 0 Å². The number of benzene rings is 13. The molecule has 0 atom stereocenters. The van der Waals surface area contributed by atoms with Gasteiger partial charge in [-0.1, -0.05) is 213 Å². The number of rotatable bonds is 7. The molecule has 100 heavy (non-hydrogen) atoms. The average molecular weight is 1290 g/mol. The average Bonchev–Trinajstić information content (AvgIpc) is 0.822. The number of hydrogen-bond donors (Lipinski definition) is 0. The molecule has 5 heterocycles. The Hall–Kier alpha value is -11.1. The van der Waals surface area contributed by atoms with Crippen LogP contribution < -0.4 is 26.2 Å². The number of fused-ring (bicyclic) bond motifs is 15. The van der Waals surface area contributed by atoms with Gasteiger partial charge in [0.05, 0.1) is 0 Å². The molecule has 0 N–H and O–H groups in total. The molecule has 2 aliphatic carbocycles. The van der Waals surface area contributed by atoms with Gasteiger partial charge in [0.2, 0.25) is 0 Å². The van der Waals surface area contributed by atoms with Crippen LogP contribution in [0.25, 0.3) is 121 Å². The highest BCUT2D eigenvalue weighted by molar-refractivity contribution is 7.00. The summed E-state index contributed by atoms with van der Waals surface area (Å²) in [4.78, 5) is 5.17. The zero-order valence-electron chi connectivity index (χ0n) is 57.9. The summed E-state index contributed by atoms with van der Waals surface area (Å²) in [6.07, 6.45) is 4.69. The second-order valence-corrected chi connectivity index (χ2v) is 31.7. The molecule has 4 aliphatic rings. The first-order valence-corrected chi connectivity index (χ1v) is 35.8. The van der Waals surface area contributed by atoms with Crippen molar-refractivity contribution in [3.8, 4) is 55.6 Å². The number of nitrogens with zero attached hydrogens (tertiary/aromatic N) is 2. The van der Waals surface area contributed by atoms with Gasteiger partial charge >= 0.3 is 0 Å². The predicted molar refractivity (Wildman–Crippen MR) is 420 cm³/mol. The summed E-state index contributed by atoms with van der Waals surface area (Å²) < 4.78 is 19.5. The molecule has 482 valence electrons. The number of hydrogen-bond acceptors (Lipinski definition) is 5. The molecule has 20 rings (SSSR count). The maximum absolute atomic E-state index is 6.55. The zero-order chi connectivity index (χ0) is 67.3. The Morgan fingerprint density at radius 3 is 0.930 bits per heavy atom. The Bertz CT molecular complexity index is 5820. The van der Waals surface area contributed by atoms with E-state index in [1.807, 2.05) is 0 Å². The van der Waals surface area contributed by atoms with Gasteiger partial charge in [-0.05, 0) is 245 Å². The van der Waals surface area contributed by atoms with Crippen molar-refractivity contribution in [3.05, 3.63) is 283 Å². The minimum Gasteiger partial charge on any atom is -0.456 e. The lowest BCUT2D eigenvalue weighted by atomic mass is 9.33. The SMILES string of the molecule is CC1(C)CCC(C)(C)c2cc(-c3ccc(N4c5cc(-c6ccc7oc8ccccc8c7c6)ccc5B5c6ccc(-c7ccc8oc9ccccc9c8c7)cc6N(c6ccc(-c7ccc8c(c7)C(C)(C)CCC8(C)C)cc6)c6cc(-c7ccc8oc9ccccc9c8c7)cc4c65)cc3)ccc21. The maximum atomic E-state index is 6.55. The van der Waals surface area contributed by atoms with Gasteiger partial charge in [-0.2, -0.15) is 0 Å². The second-order valence-electron chi connectivity index (χ2n) is 31.7. The van der Waals surface area contributed by atoms with Crippen LogP contribution >= 0.6 is 0 Å². The van der Waals surface area contributed by atoms with Crippen molar-refractivity contribution in [2.75, 3.05) is 9.80 Å². The first-order chi connectivity index (χ1) is 48.5. The van der Waals surface area contributed by atoms with Crippen LogP contribution in [-0.2, 0) is 21.7 Å². The number of para-hydroxylation sites is 3. The molecule has 0 saturated heterocycles. The van der Waals surface area contributed by atoms with Gasteiger partial charge in [0, 0.05) is 66.4 Å². The van der Waals surface area contributed by atoms with Gasteiger partial charge in [-0.3, -0.25) is 0 Å². The summed E-state index contributed by atoms with van der Waals surface area (Å²) in [5.74, 6) is 0. The summed E-state index contributed by atoms with van der Waals surface area (Å²) >= 11 is 0. The lowest BCUT2D eigenvalue weighted by Crippen LogP contribution is -2.61. The molecule has 6 heteroatoms. The fourth-order valence-corrected chi connectivity index (χ4v) is 17.9. The Morgan fingerprint density at radius 2 is 0.540 bits per heavy atom. The quantitative estimate of drug-likeness (QED) is 0.149. The van der Waals surface area contributed by atoms with Crippen LogP contribution in [0.15, 0.2) is 274 Å². The highest BCUT2D eigenvalue weighted by Gasteiger charge is 2.45. The molecular weight excluding hydrogens is 1220 g/mol. The van der Waals surface area contributed by atoms with Crippen molar-refractivity contribution in [1.82, 2.24) is 0 Å². The van der Waals surface area contributed by atoms with E-state index in [9.17, 15) is 0 Å². The van der Waals surface area contributed by atoms with Crippen LogP contribution in [0, 0.1) is 0 Å². The molecule has 0 fully saturated rings. The van der Waals surface area contributed by atoms with Gasteiger partial charge in [0.15, 0.2) is 0 Å². The van der Waals surface area contributed by atoms with E-state index in [0.29, 0.717) is 0 Å². The molecule has 0 unspecified atom stereocenters. The predicted octanol–water partition coefficient (Wildman–Crippen LogP) is 24.5. The highest BCUT2D eigenvalue weighted by Crippen LogP contribution is 2.52. The Labute approximate surface area is 584 Å². The Kier molecular flexibility index (Phi) is 12.5. The third-order valence-electron chi connectivity index (χ3n) is 23.8. The minimum absolute atomic E-state index is 0.0810. The van der Waals surface area contributed by atoms with E-state index in [2.05, 4.69) is 326 Å². The molecule has 0 amide bonds. The summed E-state index contributed by atoms with van der Waals surface area (Å²) in [6, 6.07) is 98.3. The normalized spacial score (nSPS) is 16.1. The van der Waals surface area contributed by atoms with E-state index in [0.717, 1.165) is 146 Å². The zero-order valence-corrected chi connectivity index (χ0v) is 57.9. The molecule has 16 aromatic rings. The molecule has 0 spiro atoms. The third-order valence-corrected chi connectivity index (χ3v) is 23.8. The monoisotopic (exact) mass is 1290 g/mol. The van der Waals surface area contributed by atoms with Crippen LogP contribution in [-0.4, -0.2) is 6.71 Å². The van der Waals surface area contributed by atoms with Crippen molar-refractivity contribution in [1.29, 1.82) is 0 Å². The van der Waals surface area contributed by atoms with Gasteiger partial charge in [0.1, 0.15) is 33.5 Å². The second kappa shape index (κ2) is 21.2. The fraction of sp³-hybridized carbons (Fsp3) is 0.170. The van der Waals surface area contributed by atoms with Crippen LogP contribution in [0.2, 0.25) is 0 Å². The van der Waals surface area contributed by atoms with E-state index >= 15 is 0 Å².